The lowest BCUT2D eigenvalue weighted by Crippen LogP contribution is -2.07. The van der Waals surface area contributed by atoms with E-state index in [2.05, 4.69) is 0 Å². The molecule has 0 aliphatic carbocycles. The van der Waals surface area contributed by atoms with Crippen LogP contribution in [0.2, 0.25) is 0 Å². The topological polar surface area (TPSA) is 46.5 Å². The van der Waals surface area contributed by atoms with Gasteiger partial charge in [-0.05, 0) is 30.3 Å². The summed E-state index contributed by atoms with van der Waals surface area (Å²) in [5.74, 6) is -4.52. The number of halogens is 5. The van der Waals surface area contributed by atoms with E-state index in [1.54, 1.807) is 0 Å². The molecule has 8 heteroatoms. The van der Waals surface area contributed by atoms with Crippen molar-refractivity contribution >= 4 is 5.97 Å². The molecule has 0 fully saturated rings. The van der Waals surface area contributed by atoms with Gasteiger partial charge >= 0.3 is 12.1 Å². The van der Waals surface area contributed by atoms with Gasteiger partial charge in [-0.2, -0.15) is 13.2 Å². The molecule has 2 aromatic rings. The maximum Gasteiger partial charge on any atom is 0.419 e. The second kappa shape index (κ2) is 5.63. The van der Waals surface area contributed by atoms with Crippen molar-refractivity contribution in [2.75, 3.05) is 0 Å². The van der Waals surface area contributed by atoms with Gasteiger partial charge < -0.3 is 9.84 Å². The van der Waals surface area contributed by atoms with Crippen LogP contribution in [0.25, 0.3) is 0 Å². The summed E-state index contributed by atoms with van der Waals surface area (Å²) in [4.78, 5) is 10.8. The third-order valence-corrected chi connectivity index (χ3v) is 2.65. The highest BCUT2D eigenvalue weighted by Crippen LogP contribution is 2.34. The molecule has 0 saturated heterocycles. The van der Waals surface area contributed by atoms with Crippen LogP contribution in [-0.4, -0.2) is 11.1 Å². The molecule has 1 N–H and O–H groups in total. The summed E-state index contributed by atoms with van der Waals surface area (Å²) in [5.41, 5.74) is -2.13. The van der Waals surface area contributed by atoms with E-state index in [-0.39, 0.29) is 11.5 Å². The Bertz CT molecular complexity index is 725. The SMILES string of the molecule is O=C(O)c1cc(Oc2ccc(C(F)(F)F)c(F)c2)ccc1F. The summed E-state index contributed by atoms with van der Waals surface area (Å²) in [6.07, 6.45) is -4.84. The van der Waals surface area contributed by atoms with Crippen molar-refractivity contribution in [3.05, 3.63) is 59.2 Å². The second-order valence-electron chi connectivity index (χ2n) is 4.19. The van der Waals surface area contributed by atoms with Gasteiger partial charge in [-0.15, -0.1) is 0 Å². The predicted molar refractivity (Wildman–Crippen MR) is 64.8 cm³/mol. The van der Waals surface area contributed by atoms with Gasteiger partial charge in [0.2, 0.25) is 0 Å². The lowest BCUT2D eigenvalue weighted by molar-refractivity contribution is -0.140. The maximum absolute atomic E-state index is 13.4. The number of ether oxygens (including phenoxy) is 1. The highest BCUT2D eigenvalue weighted by molar-refractivity contribution is 5.88. The van der Waals surface area contributed by atoms with Crippen LogP contribution in [0.1, 0.15) is 15.9 Å². The molecule has 0 aromatic heterocycles. The molecule has 0 saturated carbocycles. The average molecular weight is 318 g/mol. The van der Waals surface area contributed by atoms with Crippen LogP contribution in [-0.2, 0) is 6.18 Å². The van der Waals surface area contributed by atoms with Crippen molar-refractivity contribution in [1.82, 2.24) is 0 Å². The van der Waals surface area contributed by atoms with Crippen LogP contribution in [0.3, 0.4) is 0 Å². The van der Waals surface area contributed by atoms with E-state index in [0.29, 0.717) is 12.1 Å². The maximum atomic E-state index is 13.4. The Morgan fingerprint density at radius 3 is 2.09 bits per heavy atom. The molecule has 0 bridgehead atoms. The standard InChI is InChI=1S/C14H7F5O3/c15-11-4-2-7(5-9(11)13(20)21)22-8-1-3-10(12(16)6-8)14(17,18)19/h1-6H,(H,20,21). The molecule has 116 valence electrons. The normalized spacial score (nSPS) is 11.3. The summed E-state index contributed by atoms with van der Waals surface area (Å²) in [5, 5.41) is 8.75. The first-order valence-electron chi connectivity index (χ1n) is 5.76. The van der Waals surface area contributed by atoms with E-state index in [0.717, 1.165) is 24.3 Å². The van der Waals surface area contributed by atoms with Crippen LogP contribution in [0.4, 0.5) is 22.0 Å². The lowest BCUT2D eigenvalue weighted by atomic mass is 10.2. The first kappa shape index (κ1) is 15.7. The Labute approximate surface area is 120 Å². The smallest absolute Gasteiger partial charge is 0.419 e. The number of aromatic carboxylic acids is 1. The fourth-order valence-corrected chi connectivity index (χ4v) is 1.66. The second-order valence-corrected chi connectivity index (χ2v) is 4.19. The minimum atomic E-state index is -4.84. The van der Waals surface area contributed by atoms with Crippen molar-refractivity contribution in [3.63, 3.8) is 0 Å². The van der Waals surface area contributed by atoms with E-state index in [4.69, 9.17) is 9.84 Å². The molecule has 22 heavy (non-hydrogen) atoms. The van der Waals surface area contributed by atoms with E-state index < -0.39 is 34.9 Å². The fourth-order valence-electron chi connectivity index (χ4n) is 1.66. The molecular weight excluding hydrogens is 311 g/mol. The van der Waals surface area contributed by atoms with Crippen LogP contribution < -0.4 is 4.74 Å². The first-order valence-corrected chi connectivity index (χ1v) is 5.76. The van der Waals surface area contributed by atoms with Crippen molar-refractivity contribution in [1.29, 1.82) is 0 Å². The number of hydrogen-bond donors (Lipinski definition) is 1. The van der Waals surface area contributed by atoms with E-state index in [9.17, 15) is 26.7 Å². The first-order chi connectivity index (χ1) is 10.2. The van der Waals surface area contributed by atoms with Crippen LogP contribution in [0.5, 0.6) is 11.5 Å². The fraction of sp³-hybridized carbons (Fsp3) is 0.0714. The predicted octanol–water partition coefficient (Wildman–Crippen LogP) is 4.47. The Morgan fingerprint density at radius 2 is 1.55 bits per heavy atom. The van der Waals surface area contributed by atoms with Gasteiger partial charge in [0, 0.05) is 6.07 Å². The number of carboxylic acid groups (broad SMARTS) is 1. The Hall–Kier alpha value is -2.64. The van der Waals surface area contributed by atoms with E-state index in [1.165, 1.54) is 0 Å². The third-order valence-electron chi connectivity index (χ3n) is 2.65. The number of carboxylic acids is 1. The average Bonchev–Trinajstić information content (AvgIpc) is 2.39. The van der Waals surface area contributed by atoms with Gasteiger partial charge in [-0.25, -0.2) is 13.6 Å². The zero-order valence-electron chi connectivity index (χ0n) is 10.6. The monoisotopic (exact) mass is 318 g/mol. The van der Waals surface area contributed by atoms with Crippen molar-refractivity contribution in [2.24, 2.45) is 0 Å². The Kier molecular flexibility index (Phi) is 4.03. The third kappa shape index (κ3) is 3.33. The Balaban J connectivity index is 2.30. The van der Waals surface area contributed by atoms with Gasteiger partial charge in [0.25, 0.3) is 0 Å². The van der Waals surface area contributed by atoms with Crippen LogP contribution in [0, 0.1) is 11.6 Å². The molecule has 0 heterocycles. The zero-order chi connectivity index (χ0) is 16.5. The highest BCUT2D eigenvalue weighted by Gasteiger charge is 2.34. The van der Waals surface area contributed by atoms with Gasteiger partial charge in [0.1, 0.15) is 23.1 Å². The van der Waals surface area contributed by atoms with Crippen LogP contribution in [0.15, 0.2) is 36.4 Å². The number of rotatable bonds is 3. The molecule has 0 aliphatic rings. The minimum Gasteiger partial charge on any atom is -0.478 e. The summed E-state index contributed by atoms with van der Waals surface area (Å²) >= 11 is 0. The van der Waals surface area contributed by atoms with Crippen molar-refractivity contribution in [2.45, 2.75) is 6.18 Å². The number of carbonyl (C=O) groups is 1. The van der Waals surface area contributed by atoms with Gasteiger partial charge in [-0.3, -0.25) is 0 Å². The highest BCUT2D eigenvalue weighted by atomic mass is 19.4. The molecule has 0 unspecified atom stereocenters. The molecule has 0 aliphatic heterocycles. The number of benzene rings is 2. The van der Waals surface area contributed by atoms with Gasteiger partial charge in [-0.1, -0.05) is 0 Å². The van der Waals surface area contributed by atoms with E-state index in [1.807, 2.05) is 0 Å². The van der Waals surface area contributed by atoms with Crippen molar-refractivity contribution in [3.8, 4) is 11.5 Å². The van der Waals surface area contributed by atoms with Gasteiger partial charge in [0.05, 0.1) is 11.1 Å². The van der Waals surface area contributed by atoms with Crippen molar-refractivity contribution < 1.29 is 36.6 Å². The molecule has 2 rings (SSSR count). The molecule has 2 aromatic carbocycles. The van der Waals surface area contributed by atoms with Crippen LogP contribution >= 0.6 is 0 Å². The summed E-state index contributed by atoms with van der Waals surface area (Å²) in [7, 11) is 0. The van der Waals surface area contributed by atoms with Gasteiger partial charge in [0.15, 0.2) is 0 Å². The molecular formula is C14H7F5O3. The zero-order valence-corrected chi connectivity index (χ0v) is 10.6. The Morgan fingerprint density at radius 1 is 0.955 bits per heavy atom. The van der Waals surface area contributed by atoms with E-state index >= 15 is 0 Å². The minimum absolute atomic E-state index is 0.155. The quantitative estimate of drug-likeness (QED) is 0.849. The molecule has 0 amide bonds. The molecule has 0 radical (unpaired) electrons. The molecule has 0 atom stereocenters. The molecule has 3 nitrogen and oxygen atoms in total. The molecule has 0 spiro atoms. The lowest BCUT2D eigenvalue weighted by Gasteiger charge is -2.11. The number of hydrogen-bond acceptors (Lipinski definition) is 2. The summed E-state index contributed by atoms with van der Waals surface area (Å²) < 4.78 is 68.8. The largest absolute Gasteiger partial charge is 0.478 e. The summed E-state index contributed by atoms with van der Waals surface area (Å²) in [6.45, 7) is 0. The number of alkyl halides is 3. The summed E-state index contributed by atoms with van der Waals surface area (Å²) in [6, 6.07) is 4.60.